The number of ether oxygens (including phenoxy) is 2. The Labute approximate surface area is 67.3 Å². The van der Waals surface area contributed by atoms with E-state index < -0.39 is 0 Å². The van der Waals surface area contributed by atoms with Crippen LogP contribution in [0, 0.1) is 12.3 Å². The van der Waals surface area contributed by atoms with Crippen molar-refractivity contribution in [1.29, 1.82) is 0 Å². The number of rotatable bonds is 3. The van der Waals surface area contributed by atoms with Crippen LogP contribution in [0.3, 0.4) is 0 Å². The number of hydrogen-bond donors (Lipinski definition) is 0. The normalized spacial score (nSPS) is 19.0. The summed E-state index contributed by atoms with van der Waals surface area (Å²) in [6.07, 6.45) is 5.05. The quantitative estimate of drug-likeness (QED) is 0.532. The summed E-state index contributed by atoms with van der Waals surface area (Å²) in [7, 11) is 1.95. The summed E-state index contributed by atoms with van der Waals surface area (Å²) in [6, 6.07) is 0. The Bertz CT molecular complexity index is 147. The Morgan fingerprint density at radius 3 is 2.73 bits per heavy atom. The molecule has 0 amide bonds. The fraction of sp³-hybridized carbons (Fsp3) is 0.750. The largest absolute Gasteiger partial charge is 0.349 e. The van der Waals surface area contributed by atoms with Crippen LogP contribution in [0.15, 0.2) is 0 Å². The van der Waals surface area contributed by atoms with Gasteiger partial charge in [0.2, 0.25) is 0 Å². The molecule has 62 valence electrons. The molecule has 1 aliphatic rings. The second kappa shape index (κ2) is 4.35. The molecule has 0 N–H and O–H groups in total. The molecule has 0 atom stereocenters. The zero-order chi connectivity index (χ0) is 8.10. The molecule has 0 radical (unpaired) electrons. The summed E-state index contributed by atoms with van der Waals surface area (Å²) in [5, 5.41) is 0. The van der Waals surface area contributed by atoms with E-state index in [1.54, 1.807) is 0 Å². The van der Waals surface area contributed by atoms with Gasteiger partial charge in [0.05, 0.1) is 26.3 Å². The van der Waals surface area contributed by atoms with E-state index in [4.69, 9.17) is 15.9 Å². The van der Waals surface area contributed by atoms with Gasteiger partial charge in [-0.15, -0.1) is 6.42 Å². The fourth-order valence-corrected chi connectivity index (χ4v) is 0.988. The molecule has 0 aromatic rings. The Morgan fingerprint density at radius 1 is 1.55 bits per heavy atom. The Morgan fingerprint density at radius 2 is 2.18 bits per heavy atom. The third-order valence-electron chi connectivity index (χ3n) is 1.51. The first-order valence-corrected chi connectivity index (χ1v) is 3.68. The number of likely N-dealkylation sites (N-methyl/N-ethyl adjacent to an activating group) is 1. The third-order valence-corrected chi connectivity index (χ3v) is 1.51. The van der Waals surface area contributed by atoms with Crippen molar-refractivity contribution in [1.82, 2.24) is 4.90 Å². The zero-order valence-corrected chi connectivity index (χ0v) is 6.75. The average molecular weight is 155 g/mol. The molecule has 3 heteroatoms. The summed E-state index contributed by atoms with van der Waals surface area (Å²) in [6.45, 7) is 2.80. The van der Waals surface area contributed by atoms with Crippen molar-refractivity contribution in [2.75, 3.05) is 33.4 Å². The minimum absolute atomic E-state index is 0.0756. The molecule has 1 fully saturated rings. The molecule has 0 aromatic carbocycles. The van der Waals surface area contributed by atoms with Gasteiger partial charge in [-0.25, -0.2) is 0 Å². The maximum atomic E-state index is 5.24. The molecule has 1 aliphatic heterocycles. The summed E-state index contributed by atoms with van der Waals surface area (Å²) in [5.41, 5.74) is 0. The van der Waals surface area contributed by atoms with Crippen molar-refractivity contribution in [3.8, 4) is 12.3 Å². The second-order valence-electron chi connectivity index (χ2n) is 2.57. The molecule has 1 heterocycles. The van der Waals surface area contributed by atoms with Gasteiger partial charge in [0.25, 0.3) is 0 Å². The van der Waals surface area contributed by atoms with Gasteiger partial charge in [-0.1, -0.05) is 5.92 Å². The molecule has 0 aromatic heterocycles. The first kappa shape index (κ1) is 8.54. The van der Waals surface area contributed by atoms with Gasteiger partial charge in [-0.05, 0) is 7.05 Å². The van der Waals surface area contributed by atoms with Crippen LogP contribution in [0.4, 0.5) is 0 Å². The maximum absolute atomic E-state index is 5.24. The Hall–Kier alpha value is -0.560. The van der Waals surface area contributed by atoms with Crippen molar-refractivity contribution >= 4 is 0 Å². The average Bonchev–Trinajstić information content (AvgIpc) is 2.40. The van der Waals surface area contributed by atoms with Gasteiger partial charge < -0.3 is 9.47 Å². The molecular weight excluding hydrogens is 142 g/mol. The van der Waals surface area contributed by atoms with Crippen molar-refractivity contribution in [3.05, 3.63) is 0 Å². The molecule has 0 aliphatic carbocycles. The molecule has 0 unspecified atom stereocenters. The van der Waals surface area contributed by atoms with E-state index in [2.05, 4.69) is 5.92 Å². The molecule has 0 bridgehead atoms. The zero-order valence-electron chi connectivity index (χ0n) is 6.75. The van der Waals surface area contributed by atoms with Gasteiger partial charge in [0, 0.05) is 0 Å². The summed E-state index contributed by atoms with van der Waals surface area (Å²) >= 11 is 0. The van der Waals surface area contributed by atoms with Gasteiger partial charge in [-0.3, -0.25) is 4.90 Å². The molecule has 0 spiro atoms. The number of nitrogens with zero attached hydrogens (tertiary/aromatic N) is 1. The van der Waals surface area contributed by atoms with Crippen LogP contribution < -0.4 is 0 Å². The highest BCUT2D eigenvalue weighted by atomic mass is 16.7. The van der Waals surface area contributed by atoms with Crippen molar-refractivity contribution in [3.63, 3.8) is 0 Å². The highest BCUT2D eigenvalue weighted by Gasteiger charge is 2.16. The Balaban J connectivity index is 2.14. The van der Waals surface area contributed by atoms with Gasteiger partial charge in [0.15, 0.2) is 6.29 Å². The van der Waals surface area contributed by atoms with E-state index >= 15 is 0 Å². The Kier molecular flexibility index (Phi) is 3.37. The van der Waals surface area contributed by atoms with Crippen molar-refractivity contribution in [2.45, 2.75) is 6.29 Å². The standard InChI is InChI=1S/C8H13NO2/c1-3-4-9(2)7-8-10-5-6-11-8/h1,8H,4-7H2,2H3. The lowest BCUT2D eigenvalue weighted by molar-refractivity contribution is -0.0564. The van der Waals surface area contributed by atoms with Crippen LogP contribution >= 0.6 is 0 Å². The topological polar surface area (TPSA) is 21.7 Å². The smallest absolute Gasteiger partial charge is 0.170 e. The first-order valence-electron chi connectivity index (χ1n) is 3.68. The van der Waals surface area contributed by atoms with Gasteiger partial charge in [0.1, 0.15) is 0 Å². The van der Waals surface area contributed by atoms with E-state index in [9.17, 15) is 0 Å². The summed E-state index contributed by atoms with van der Waals surface area (Å²) < 4.78 is 10.5. The van der Waals surface area contributed by atoms with Crippen LogP contribution in [0.2, 0.25) is 0 Å². The van der Waals surface area contributed by atoms with Crippen LogP contribution in [-0.4, -0.2) is 44.5 Å². The summed E-state index contributed by atoms with van der Waals surface area (Å²) in [4.78, 5) is 2.00. The lowest BCUT2D eigenvalue weighted by atomic mass is 10.5. The summed E-state index contributed by atoms with van der Waals surface area (Å²) in [5.74, 6) is 2.56. The molecule has 0 saturated carbocycles. The van der Waals surface area contributed by atoms with Crippen molar-refractivity contribution < 1.29 is 9.47 Å². The highest BCUT2D eigenvalue weighted by Crippen LogP contribution is 2.03. The predicted octanol–water partition coefficient (Wildman–Crippen LogP) is -0.0757. The van der Waals surface area contributed by atoms with Crippen LogP contribution in [0.1, 0.15) is 0 Å². The monoisotopic (exact) mass is 155 g/mol. The van der Waals surface area contributed by atoms with Crippen molar-refractivity contribution in [2.24, 2.45) is 0 Å². The van der Waals surface area contributed by atoms with Crippen LogP contribution in [0.25, 0.3) is 0 Å². The van der Waals surface area contributed by atoms with E-state index in [-0.39, 0.29) is 6.29 Å². The molecule has 1 rings (SSSR count). The highest BCUT2D eigenvalue weighted by molar-refractivity contribution is 4.87. The van der Waals surface area contributed by atoms with E-state index in [1.165, 1.54) is 0 Å². The molecule has 11 heavy (non-hydrogen) atoms. The van der Waals surface area contributed by atoms with Crippen LogP contribution in [-0.2, 0) is 9.47 Å². The molecule has 3 nitrogen and oxygen atoms in total. The first-order chi connectivity index (χ1) is 5.33. The SMILES string of the molecule is C#CCN(C)CC1OCCO1. The molecule has 1 saturated heterocycles. The lowest BCUT2D eigenvalue weighted by Crippen LogP contribution is -2.29. The van der Waals surface area contributed by atoms with Crippen LogP contribution in [0.5, 0.6) is 0 Å². The molecular formula is C8H13NO2. The number of hydrogen-bond acceptors (Lipinski definition) is 3. The van der Waals surface area contributed by atoms with E-state index in [1.807, 2.05) is 11.9 Å². The van der Waals surface area contributed by atoms with Gasteiger partial charge >= 0.3 is 0 Å². The predicted molar refractivity (Wildman–Crippen MR) is 42.0 cm³/mol. The van der Waals surface area contributed by atoms with Gasteiger partial charge in [-0.2, -0.15) is 0 Å². The lowest BCUT2D eigenvalue weighted by Gasteiger charge is -2.16. The third kappa shape index (κ3) is 2.89. The maximum Gasteiger partial charge on any atom is 0.170 e. The minimum atomic E-state index is -0.0756. The number of terminal acetylenes is 1. The second-order valence-corrected chi connectivity index (χ2v) is 2.57. The van der Waals surface area contributed by atoms with E-state index in [0.29, 0.717) is 19.8 Å². The fourth-order valence-electron chi connectivity index (χ4n) is 0.988. The van der Waals surface area contributed by atoms with E-state index in [0.717, 1.165) is 6.54 Å². The minimum Gasteiger partial charge on any atom is -0.349 e.